The molecule has 0 spiro atoms. The molecular formula is C24H26ClN3O5S2. The summed E-state index contributed by atoms with van der Waals surface area (Å²) in [6.07, 6.45) is 0. The standard InChI is InChI=1S/C24H26ClN3O5S2/c1-4-28(5-2)35(32,33)21-13-8-18(9-14-21)26-24(29)22-15-10-19(16-23(22)25)27-34(30,31)20-11-6-17(3)7-12-20/h6-16,27H,4-5H2,1-3H3,(H,26,29). The minimum Gasteiger partial charge on any atom is -0.322 e. The fraction of sp³-hybridized carbons (Fsp3) is 0.208. The third kappa shape index (κ3) is 6.21. The average Bonchev–Trinajstić information content (AvgIpc) is 2.80. The third-order valence-electron chi connectivity index (χ3n) is 5.25. The molecule has 0 aromatic heterocycles. The molecule has 2 N–H and O–H groups in total. The lowest BCUT2D eigenvalue weighted by molar-refractivity contribution is 0.102. The van der Waals surface area contributed by atoms with Gasteiger partial charge in [0.1, 0.15) is 0 Å². The number of hydrogen-bond donors (Lipinski definition) is 2. The van der Waals surface area contributed by atoms with Crippen LogP contribution in [0.2, 0.25) is 5.02 Å². The minimum absolute atomic E-state index is 0.0485. The second-order valence-corrected chi connectivity index (χ2v) is 11.7. The van der Waals surface area contributed by atoms with E-state index in [0.717, 1.165) is 5.56 Å². The van der Waals surface area contributed by atoms with Gasteiger partial charge in [0.2, 0.25) is 10.0 Å². The van der Waals surface area contributed by atoms with Crippen LogP contribution in [0.5, 0.6) is 0 Å². The molecule has 3 rings (SSSR count). The normalized spacial score (nSPS) is 11.9. The molecule has 3 aromatic rings. The Hall–Kier alpha value is -2.92. The van der Waals surface area contributed by atoms with Crippen molar-refractivity contribution in [1.82, 2.24) is 4.31 Å². The van der Waals surface area contributed by atoms with Crippen LogP contribution in [0.4, 0.5) is 11.4 Å². The predicted octanol–water partition coefficient (Wildman–Crippen LogP) is 4.73. The lowest BCUT2D eigenvalue weighted by Gasteiger charge is -2.18. The maximum Gasteiger partial charge on any atom is 0.261 e. The van der Waals surface area contributed by atoms with E-state index in [9.17, 15) is 21.6 Å². The molecule has 0 aliphatic carbocycles. The number of amides is 1. The molecule has 0 bridgehead atoms. The molecule has 0 fully saturated rings. The SMILES string of the molecule is CCN(CC)S(=O)(=O)c1ccc(NC(=O)c2ccc(NS(=O)(=O)c3ccc(C)cc3)cc2Cl)cc1. The Labute approximate surface area is 211 Å². The van der Waals surface area contributed by atoms with E-state index >= 15 is 0 Å². The van der Waals surface area contributed by atoms with Crippen LogP contribution < -0.4 is 10.0 Å². The molecule has 186 valence electrons. The number of nitrogens with zero attached hydrogens (tertiary/aromatic N) is 1. The molecule has 35 heavy (non-hydrogen) atoms. The van der Waals surface area contributed by atoms with Crippen LogP contribution in [-0.2, 0) is 20.0 Å². The summed E-state index contributed by atoms with van der Waals surface area (Å²) in [4.78, 5) is 12.9. The summed E-state index contributed by atoms with van der Waals surface area (Å²) >= 11 is 6.26. The Morgan fingerprint density at radius 3 is 1.91 bits per heavy atom. The van der Waals surface area contributed by atoms with Crippen LogP contribution >= 0.6 is 11.6 Å². The Morgan fingerprint density at radius 1 is 0.829 bits per heavy atom. The topological polar surface area (TPSA) is 113 Å². The van der Waals surface area contributed by atoms with Gasteiger partial charge in [-0.2, -0.15) is 4.31 Å². The van der Waals surface area contributed by atoms with Gasteiger partial charge < -0.3 is 5.32 Å². The van der Waals surface area contributed by atoms with Gasteiger partial charge in [-0.15, -0.1) is 0 Å². The van der Waals surface area contributed by atoms with Crippen LogP contribution in [0, 0.1) is 6.92 Å². The summed E-state index contributed by atoms with van der Waals surface area (Å²) in [6, 6.07) is 16.4. The summed E-state index contributed by atoms with van der Waals surface area (Å²) in [5.74, 6) is -0.526. The number of hydrogen-bond acceptors (Lipinski definition) is 5. The van der Waals surface area contributed by atoms with E-state index in [1.54, 1.807) is 26.0 Å². The number of anilines is 2. The van der Waals surface area contributed by atoms with E-state index in [4.69, 9.17) is 11.6 Å². The summed E-state index contributed by atoms with van der Waals surface area (Å²) < 4.78 is 54.2. The molecule has 0 saturated heterocycles. The van der Waals surface area contributed by atoms with Gasteiger partial charge in [-0.05, 0) is 61.5 Å². The van der Waals surface area contributed by atoms with Crippen LogP contribution in [-0.4, -0.2) is 40.1 Å². The molecule has 3 aromatic carbocycles. The van der Waals surface area contributed by atoms with Gasteiger partial charge in [0.25, 0.3) is 15.9 Å². The van der Waals surface area contributed by atoms with Crippen molar-refractivity contribution in [3.63, 3.8) is 0 Å². The molecule has 0 radical (unpaired) electrons. The monoisotopic (exact) mass is 535 g/mol. The lowest BCUT2D eigenvalue weighted by atomic mass is 10.2. The zero-order valence-electron chi connectivity index (χ0n) is 19.4. The first kappa shape index (κ1) is 26.7. The first-order valence-electron chi connectivity index (χ1n) is 10.8. The number of aryl methyl sites for hydroxylation is 1. The van der Waals surface area contributed by atoms with Gasteiger partial charge >= 0.3 is 0 Å². The van der Waals surface area contributed by atoms with E-state index < -0.39 is 26.0 Å². The molecule has 0 unspecified atom stereocenters. The number of rotatable bonds is 9. The number of halogens is 1. The second-order valence-electron chi connectivity index (χ2n) is 7.68. The number of nitrogens with one attached hydrogen (secondary N) is 2. The smallest absolute Gasteiger partial charge is 0.261 e. The quantitative estimate of drug-likeness (QED) is 0.411. The zero-order chi connectivity index (χ0) is 25.8. The third-order valence-corrected chi connectivity index (χ3v) is 9.03. The Balaban J connectivity index is 1.73. The van der Waals surface area contributed by atoms with Crippen molar-refractivity contribution in [1.29, 1.82) is 0 Å². The zero-order valence-corrected chi connectivity index (χ0v) is 21.8. The van der Waals surface area contributed by atoms with Gasteiger partial charge in [-0.1, -0.05) is 43.1 Å². The summed E-state index contributed by atoms with van der Waals surface area (Å²) in [5, 5.41) is 2.71. The van der Waals surface area contributed by atoms with Gasteiger partial charge in [0.05, 0.1) is 26.1 Å². The van der Waals surface area contributed by atoms with Crippen LogP contribution in [0.1, 0.15) is 29.8 Å². The predicted molar refractivity (Wildman–Crippen MR) is 138 cm³/mol. The first-order chi connectivity index (χ1) is 16.5. The molecule has 0 heterocycles. The van der Waals surface area contributed by atoms with E-state index in [-0.39, 0.29) is 26.1 Å². The molecule has 0 aliphatic heterocycles. The summed E-state index contributed by atoms with van der Waals surface area (Å²) in [5.41, 5.74) is 1.65. The van der Waals surface area contributed by atoms with Gasteiger partial charge in [0, 0.05) is 18.8 Å². The lowest BCUT2D eigenvalue weighted by Crippen LogP contribution is -2.30. The largest absolute Gasteiger partial charge is 0.322 e. The van der Waals surface area contributed by atoms with Gasteiger partial charge in [-0.25, -0.2) is 16.8 Å². The number of carbonyl (C=O) groups excluding carboxylic acids is 1. The van der Waals surface area contributed by atoms with Crippen molar-refractivity contribution in [3.8, 4) is 0 Å². The van der Waals surface area contributed by atoms with Crippen molar-refractivity contribution in [3.05, 3.63) is 82.9 Å². The second kappa shape index (κ2) is 10.8. The molecule has 11 heteroatoms. The van der Waals surface area contributed by atoms with Gasteiger partial charge in [0.15, 0.2) is 0 Å². The molecule has 0 aliphatic rings. The van der Waals surface area contributed by atoms with Crippen molar-refractivity contribution in [2.75, 3.05) is 23.1 Å². The fourth-order valence-electron chi connectivity index (χ4n) is 3.32. The fourth-order valence-corrected chi connectivity index (χ4v) is 6.09. The highest BCUT2D eigenvalue weighted by Crippen LogP contribution is 2.25. The molecule has 1 amide bonds. The van der Waals surface area contributed by atoms with Gasteiger partial charge in [-0.3, -0.25) is 9.52 Å². The Bertz CT molecular complexity index is 1420. The molecule has 0 atom stereocenters. The average molecular weight is 536 g/mol. The van der Waals surface area contributed by atoms with E-state index in [1.807, 2.05) is 6.92 Å². The maximum absolute atomic E-state index is 12.7. The van der Waals surface area contributed by atoms with Crippen molar-refractivity contribution in [2.45, 2.75) is 30.6 Å². The number of benzene rings is 3. The maximum atomic E-state index is 12.7. The number of carbonyl (C=O) groups is 1. The van der Waals surface area contributed by atoms with Crippen LogP contribution in [0.15, 0.2) is 76.5 Å². The van der Waals surface area contributed by atoms with Crippen molar-refractivity contribution < 1.29 is 21.6 Å². The molecule has 0 saturated carbocycles. The summed E-state index contributed by atoms with van der Waals surface area (Å²) in [6.45, 7) is 6.09. The van der Waals surface area contributed by atoms with E-state index in [1.165, 1.54) is 58.9 Å². The highest BCUT2D eigenvalue weighted by Gasteiger charge is 2.21. The van der Waals surface area contributed by atoms with E-state index in [0.29, 0.717) is 18.8 Å². The Kier molecular flexibility index (Phi) is 8.22. The highest BCUT2D eigenvalue weighted by atomic mass is 35.5. The Morgan fingerprint density at radius 2 is 1.37 bits per heavy atom. The van der Waals surface area contributed by atoms with E-state index in [2.05, 4.69) is 10.0 Å². The molecular weight excluding hydrogens is 510 g/mol. The van der Waals surface area contributed by atoms with Crippen LogP contribution in [0.3, 0.4) is 0 Å². The summed E-state index contributed by atoms with van der Waals surface area (Å²) in [7, 11) is -7.42. The minimum atomic E-state index is -3.82. The number of sulfonamides is 2. The van der Waals surface area contributed by atoms with Crippen LogP contribution in [0.25, 0.3) is 0 Å². The van der Waals surface area contributed by atoms with Crippen molar-refractivity contribution >= 4 is 48.9 Å². The highest BCUT2D eigenvalue weighted by molar-refractivity contribution is 7.92. The molecule has 8 nitrogen and oxygen atoms in total. The van der Waals surface area contributed by atoms with Crippen molar-refractivity contribution in [2.24, 2.45) is 0 Å². The first-order valence-corrected chi connectivity index (χ1v) is 14.1.